The highest BCUT2D eigenvalue weighted by Crippen LogP contribution is 2.35. The van der Waals surface area contributed by atoms with Gasteiger partial charge >= 0.3 is 6.18 Å². The first-order chi connectivity index (χ1) is 11.2. The number of aromatic nitrogens is 2. The van der Waals surface area contributed by atoms with Crippen LogP contribution in [-0.2, 0) is 18.0 Å². The van der Waals surface area contributed by atoms with Gasteiger partial charge in [-0.2, -0.15) is 18.3 Å². The number of anilines is 1. The molecule has 2 heterocycles. The zero-order chi connectivity index (χ0) is 17.5. The lowest BCUT2D eigenvalue weighted by Gasteiger charge is -2.17. The van der Waals surface area contributed by atoms with Crippen molar-refractivity contribution in [2.24, 2.45) is 0 Å². The van der Waals surface area contributed by atoms with E-state index in [0.717, 1.165) is 49.5 Å². The minimum Gasteiger partial charge on any atom is -0.370 e. The first-order valence-electron chi connectivity index (χ1n) is 8.22. The smallest absolute Gasteiger partial charge is 0.370 e. The number of hydrogen-bond donors (Lipinski definition) is 1. The molecule has 1 aliphatic heterocycles. The predicted octanol–water partition coefficient (Wildman–Crippen LogP) is 4.94. The average molecular weight is 337 g/mol. The summed E-state index contributed by atoms with van der Waals surface area (Å²) in [5.41, 5.74) is 2.07. The molecule has 1 aromatic carbocycles. The van der Waals surface area contributed by atoms with Crippen molar-refractivity contribution in [3.63, 3.8) is 0 Å². The van der Waals surface area contributed by atoms with Crippen LogP contribution in [0, 0.1) is 0 Å². The molecule has 0 amide bonds. The van der Waals surface area contributed by atoms with Crippen LogP contribution in [0.2, 0.25) is 0 Å². The third-order valence-electron chi connectivity index (χ3n) is 4.28. The van der Waals surface area contributed by atoms with Crippen molar-refractivity contribution in [1.29, 1.82) is 0 Å². The highest BCUT2D eigenvalue weighted by Gasteiger charge is 2.31. The van der Waals surface area contributed by atoms with Gasteiger partial charge in [0, 0.05) is 17.5 Å². The van der Waals surface area contributed by atoms with Crippen LogP contribution in [0.1, 0.15) is 50.4 Å². The molecular formula is C18H22F3N3. The van der Waals surface area contributed by atoms with E-state index in [1.807, 2.05) is 0 Å². The number of benzene rings is 1. The summed E-state index contributed by atoms with van der Waals surface area (Å²) in [6, 6.07) is 5.18. The lowest BCUT2D eigenvalue weighted by atomic mass is 9.88. The standard InChI is InChI=1S/C18H22F3N3/c1-17(2,3)15-14-6-4-5-11-22-16(14)24(23-15)13-9-7-12(8-10-13)18(19,20)21/h7-10,22H,4-6,11H2,1-3H3. The summed E-state index contributed by atoms with van der Waals surface area (Å²) in [7, 11) is 0. The molecular weight excluding hydrogens is 315 g/mol. The summed E-state index contributed by atoms with van der Waals surface area (Å²) in [6.45, 7) is 7.18. The summed E-state index contributed by atoms with van der Waals surface area (Å²) in [6.07, 6.45) is -1.23. The molecule has 0 radical (unpaired) electrons. The minimum absolute atomic E-state index is 0.118. The third-order valence-corrected chi connectivity index (χ3v) is 4.28. The van der Waals surface area contributed by atoms with E-state index >= 15 is 0 Å². The Kier molecular flexibility index (Phi) is 4.10. The largest absolute Gasteiger partial charge is 0.416 e. The van der Waals surface area contributed by atoms with Crippen LogP contribution < -0.4 is 5.32 Å². The molecule has 0 aliphatic carbocycles. The van der Waals surface area contributed by atoms with E-state index in [9.17, 15) is 13.2 Å². The van der Waals surface area contributed by atoms with Crippen LogP contribution >= 0.6 is 0 Å². The van der Waals surface area contributed by atoms with Gasteiger partial charge in [0.2, 0.25) is 0 Å². The second kappa shape index (κ2) is 5.83. The second-order valence-corrected chi connectivity index (χ2v) is 7.27. The first-order valence-corrected chi connectivity index (χ1v) is 8.22. The third kappa shape index (κ3) is 3.14. The fraction of sp³-hybridized carbons (Fsp3) is 0.500. The van der Waals surface area contributed by atoms with Gasteiger partial charge in [0.15, 0.2) is 0 Å². The van der Waals surface area contributed by atoms with E-state index in [-0.39, 0.29) is 5.41 Å². The number of hydrogen-bond acceptors (Lipinski definition) is 2. The normalized spacial score (nSPS) is 15.6. The van der Waals surface area contributed by atoms with Crippen molar-refractivity contribution in [3.8, 4) is 5.69 Å². The van der Waals surface area contributed by atoms with Gasteiger partial charge in [-0.3, -0.25) is 0 Å². The fourth-order valence-electron chi connectivity index (χ4n) is 3.08. The molecule has 3 rings (SSSR count). The molecule has 0 atom stereocenters. The Morgan fingerprint density at radius 2 is 1.71 bits per heavy atom. The van der Waals surface area contributed by atoms with Gasteiger partial charge in [-0.05, 0) is 43.5 Å². The molecule has 0 saturated heterocycles. The fourth-order valence-corrected chi connectivity index (χ4v) is 3.08. The maximum atomic E-state index is 12.8. The Hall–Kier alpha value is -1.98. The van der Waals surface area contributed by atoms with Gasteiger partial charge in [0.05, 0.1) is 16.9 Å². The van der Waals surface area contributed by atoms with Gasteiger partial charge in [0.1, 0.15) is 5.82 Å². The molecule has 1 aromatic heterocycles. The summed E-state index contributed by atoms with van der Waals surface area (Å²) in [4.78, 5) is 0. The molecule has 1 N–H and O–H groups in total. The van der Waals surface area contributed by atoms with Gasteiger partial charge in [-0.15, -0.1) is 0 Å². The van der Waals surface area contributed by atoms with Crippen LogP contribution in [0.25, 0.3) is 5.69 Å². The van der Waals surface area contributed by atoms with Crippen LogP contribution in [-0.4, -0.2) is 16.3 Å². The topological polar surface area (TPSA) is 29.9 Å². The van der Waals surface area contributed by atoms with Crippen molar-refractivity contribution >= 4 is 5.82 Å². The van der Waals surface area contributed by atoms with Crippen molar-refractivity contribution in [1.82, 2.24) is 9.78 Å². The second-order valence-electron chi connectivity index (χ2n) is 7.27. The van der Waals surface area contributed by atoms with E-state index < -0.39 is 11.7 Å². The zero-order valence-corrected chi connectivity index (χ0v) is 14.2. The molecule has 3 nitrogen and oxygen atoms in total. The summed E-state index contributed by atoms with van der Waals surface area (Å²) in [5.74, 6) is 0.914. The molecule has 0 saturated carbocycles. The van der Waals surface area contributed by atoms with Crippen molar-refractivity contribution in [2.45, 2.75) is 51.6 Å². The molecule has 0 spiro atoms. The van der Waals surface area contributed by atoms with Crippen LogP contribution in [0.4, 0.5) is 19.0 Å². The molecule has 24 heavy (non-hydrogen) atoms. The molecule has 1 aliphatic rings. The van der Waals surface area contributed by atoms with Gasteiger partial charge in [0.25, 0.3) is 0 Å². The molecule has 0 unspecified atom stereocenters. The van der Waals surface area contributed by atoms with Crippen LogP contribution in [0.15, 0.2) is 24.3 Å². The van der Waals surface area contributed by atoms with Gasteiger partial charge < -0.3 is 5.32 Å². The monoisotopic (exact) mass is 337 g/mol. The van der Waals surface area contributed by atoms with Crippen molar-refractivity contribution < 1.29 is 13.2 Å². The number of fused-ring (bicyclic) bond motifs is 1. The van der Waals surface area contributed by atoms with Gasteiger partial charge in [-0.1, -0.05) is 20.8 Å². The van der Waals surface area contributed by atoms with E-state index in [1.54, 1.807) is 4.68 Å². The lowest BCUT2D eigenvalue weighted by Crippen LogP contribution is -2.15. The van der Waals surface area contributed by atoms with Crippen molar-refractivity contribution in [3.05, 3.63) is 41.1 Å². The van der Waals surface area contributed by atoms with Crippen LogP contribution in [0.5, 0.6) is 0 Å². The number of rotatable bonds is 1. The SMILES string of the molecule is CC(C)(C)c1nn(-c2ccc(C(F)(F)F)cc2)c2c1CCCCN2. The number of halogens is 3. The number of nitrogens with one attached hydrogen (secondary N) is 1. The Balaban J connectivity index is 2.09. The van der Waals surface area contributed by atoms with E-state index in [1.165, 1.54) is 17.7 Å². The molecule has 2 aromatic rings. The summed E-state index contributed by atoms with van der Waals surface area (Å²) < 4.78 is 40.1. The Morgan fingerprint density at radius 1 is 1.04 bits per heavy atom. The summed E-state index contributed by atoms with van der Waals surface area (Å²) in [5, 5.41) is 8.15. The van der Waals surface area contributed by atoms with E-state index in [2.05, 4.69) is 26.1 Å². The highest BCUT2D eigenvalue weighted by molar-refractivity contribution is 5.55. The molecule has 130 valence electrons. The highest BCUT2D eigenvalue weighted by atomic mass is 19.4. The molecule has 0 bridgehead atoms. The van der Waals surface area contributed by atoms with Crippen molar-refractivity contribution in [2.75, 3.05) is 11.9 Å². The molecule has 0 fully saturated rings. The Labute approximate surface area is 139 Å². The Bertz CT molecular complexity index is 722. The Morgan fingerprint density at radius 3 is 2.29 bits per heavy atom. The number of nitrogens with zero attached hydrogens (tertiary/aromatic N) is 2. The lowest BCUT2D eigenvalue weighted by molar-refractivity contribution is -0.137. The van der Waals surface area contributed by atoms with Gasteiger partial charge in [-0.25, -0.2) is 4.68 Å². The minimum atomic E-state index is -4.33. The predicted molar refractivity (Wildman–Crippen MR) is 88.7 cm³/mol. The van der Waals surface area contributed by atoms with E-state index in [0.29, 0.717) is 5.69 Å². The maximum Gasteiger partial charge on any atom is 0.416 e. The van der Waals surface area contributed by atoms with E-state index in [4.69, 9.17) is 5.10 Å². The average Bonchev–Trinajstić information content (AvgIpc) is 2.69. The van der Waals surface area contributed by atoms with Crippen LogP contribution in [0.3, 0.4) is 0 Å². The summed E-state index contributed by atoms with van der Waals surface area (Å²) >= 11 is 0. The quantitative estimate of drug-likeness (QED) is 0.799. The maximum absolute atomic E-state index is 12.8. The molecule has 6 heteroatoms. The first kappa shape index (κ1) is 16.9. The number of alkyl halides is 3. The zero-order valence-electron chi connectivity index (χ0n) is 14.2.